The summed E-state index contributed by atoms with van der Waals surface area (Å²) < 4.78 is 33.7. The van der Waals surface area contributed by atoms with Crippen LogP contribution in [0.4, 0.5) is 5.69 Å². The van der Waals surface area contributed by atoms with E-state index in [0.717, 1.165) is 6.42 Å². The van der Waals surface area contributed by atoms with Gasteiger partial charge in [0.25, 0.3) is 0 Å². The predicted octanol–water partition coefficient (Wildman–Crippen LogP) is 1.09. The molecule has 0 fully saturated rings. The number of ether oxygens (including phenoxy) is 1. The molecule has 0 spiro atoms. The molecule has 3 N–H and O–H groups in total. The molecule has 0 aliphatic rings. The summed E-state index contributed by atoms with van der Waals surface area (Å²) in [6, 6.07) is 6.97. The van der Waals surface area contributed by atoms with E-state index in [4.69, 9.17) is 10.5 Å². The molecule has 0 amide bonds. The fourth-order valence-electron chi connectivity index (χ4n) is 1.70. The molecule has 0 bridgehead atoms. The van der Waals surface area contributed by atoms with E-state index in [1.807, 2.05) is 6.92 Å². The van der Waals surface area contributed by atoms with Crippen molar-refractivity contribution in [3.05, 3.63) is 24.3 Å². The van der Waals surface area contributed by atoms with Crippen molar-refractivity contribution in [3.63, 3.8) is 0 Å². The number of nitrogens with one attached hydrogen (secondary N) is 1. The molecule has 0 aliphatic carbocycles. The average molecular weight is 301 g/mol. The van der Waals surface area contributed by atoms with Crippen LogP contribution in [0.15, 0.2) is 24.3 Å². The Hall–Kier alpha value is -1.31. The molecule has 1 rings (SSSR count). The third kappa shape index (κ3) is 4.66. The van der Waals surface area contributed by atoms with Crippen LogP contribution >= 0.6 is 0 Å². The van der Waals surface area contributed by atoms with Crippen LogP contribution in [0.5, 0.6) is 5.75 Å². The molecule has 0 aromatic heterocycles. The monoisotopic (exact) mass is 301 g/mol. The Kier molecular flexibility index (Phi) is 6.77. The van der Waals surface area contributed by atoms with Crippen LogP contribution in [-0.2, 0) is 10.2 Å². The highest BCUT2D eigenvalue weighted by Crippen LogP contribution is 2.23. The van der Waals surface area contributed by atoms with Crippen LogP contribution in [0.3, 0.4) is 0 Å². The summed E-state index contributed by atoms with van der Waals surface area (Å²) in [5.41, 5.74) is 6.06. The summed E-state index contributed by atoms with van der Waals surface area (Å²) in [6.45, 7) is 3.09. The smallest absolute Gasteiger partial charge is 0.301 e. The van der Waals surface area contributed by atoms with Gasteiger partial charge in [-0.05, 0) is 31.5 Å². The van der Waals surface area contributed by atoms with E-state index in [2.05, 4.69) is 4.72 Å². The first-order valence-electron chi connectivity index (χ1n) is 6.66. The van der Waals surface area contributed by atoms with Crippen LogP contribution in [0.2, 0.25) is 0 Å². The molecule has 0 atom stereocenters. The Morgan fingerprint density at radius 1 is 1.40 bits per heavy atom. The highest BCUT2D eigenvalue weighted by Gasteiger charge is 2.21. The lowest BCUT2D eigenvalue weighted by atomic mass is 10.3. The molecular formula is C13H23N3O3S. The number of rotatable bonds is 9. The number of methoxy groups -OCH3 is 1. The number of hydrogen-bond acceptors (Lipinski definition) is 4. The first-order chi connectivity index (χ1) is 9.55. The third-order valence-corrected chi connectivity index (χ3v) is 4.27. The second kappa shape index (κ2) is 8.08. The van der Waals surface area contributed by atoms with Crippen molar-refractivity contribution >= 4 is 15.9 Å². The molecule has 1 aromatic rings. The zero-order chi connectivity index (χ0) is 15.0. The van der Waals surface area contributed by atoms with E-state index >= 15 is 0 Å². The van der Waals surface area contributed by atoms with Gasteiger partial charge in [-0.15, -0.1) is 0 Å². The van der Waals surface area contributed by atoms with Crippen molar-refractivity contribution in [2.75, 3.05) is 31.0 Å². The minimum Gasteiger partial charge on any atom is -0.497 e. The molecule has 20 heavy (non-hydrogen) atoms. The van der Waals surface area contributed by atoms with Crippen molar-refractivity contribution < 1.29 is 13.2 Å². The molecule has 0 radical (unpaired) electrons. The largest absolute Gasteiger partial charge is 0.497 e. The van der Waals surface area contributed by atoms with Crippen molar-refractivity contribution in [3.8, 4) is 5.75 Å². The number of benzene rings is 1. The van der Waals surface area contributed by atoms with E-state index in [1.165, 1.54) is 4.31 Å². The van der Waals surface area contributed by atoms with Crippen molar-refractivity contribution in [1.82, 2.24) is 4.72 Å². The van der Waals surface area contributed by atoms with Gasteiger partial charge in [0.05, 0.1) is 12.8 Å². The van der Waals surface area contributed by atoms with Gasteiger partial charge < -0.3 is 10.5 Å². The SMILES string of the molecule is CCCNS(=O)(=O)N(CCCN)c1cccc(OC)c1. The van der Waals surface area contributed by atoms with Crippen molar-refractivity contribution in [2.45, 2.75) is 19.8 Å². The van der Waals surface area contributed by atoms with E-state index < -0.39 is 10.2 Å². The lowest BCUT2D eigenvalue weighted by molar-refractivity contribution is 0.415. The zero-order valence-corrected chi connectivity index (χ0v) is 12.8. The molecule has 0 unspecified atom stereocenters. The summed E-state index contributed by atoms with van der Waals surface area (Å²) in [4.78, 5) is 0. The lowest BCUT2D eigenvalue weighted by Crippen LogP contribution is -2.42. The van der Waals surface area contributed by atoms with Gasteiger partial charge in [-0.3, -0.25) is 4.31 Å². The fourth-order valence-corrected chi connectivity index (χ4v) is 3.08. The van der Waals surface area contributed by atoms with Gasteiger partial charge in [0.15, 0.2) is 0 Å². The van der Waals surface area contributed by atoms with E-state index in [-0.39, 0.29) is 0 Å². The van der Waals surface area contributed by atoms with Gasteiger partial charge >= 0.3 is 10.2 Å². The fraction of sp³-hybridized carbons (Fsp3) is 0.538. The minimum atomic E-state index is -3.56. The molecule has 1 aromatic carbocycles. The van der Waals surface area contributed by atoms with Crippen LogP contribution in [0.25, 0.3) is 0 Å². The van der Waals surface area contributed by atoms with Crippen molar-refractivity contribution in [2.24, 2.45) is 5.73 Å². The topological polar surface area (TPSA) is 84.7 Å². The van der Waals surface area contributed by atoms with Crippen LogP contribution < -0.4 is 19.5 Å². The second-order valence-corrected chi connectivity index (χ2v) is 5.99. The van der Waals surface area contributed by atoms with Gasteiger partial charge in [0, 0.05) is 19.2 Å². The lowest BCUT2D eigenvalue weighted by Gasteiger charge is -2.24. The molecule has 0 aliphatic heterocycles. The van der Waals surface area contributed by atoms with Gasteiger partial charge in [-0.1, -0.05) is 13.0 Å². The molecule has 7 heteroatoms. The summed E-state index contributed by atoms with van der Waals surface area (Å²) in [7, 11) is -2.01. The minimum absolute atomic E-state index is 0.336. The summed E-state index contributed by atoms with van der Waals surface area (Å²) in [6.07, 6.45) is 1.33. The number of nitrogens with two attached hydrogens (primary N) is 1. The quantitative estimate of drug-likeness (QED) is 0.715. The number of hydrogen-bond donors (Lipinski definition) is 2. The highest BCUT2D eigenvalue weighted by molar-refractivity contribution is 7.90. The Morgan fingerprint density at radius 3 is 2.75 bits per heavy atom. The van der Waals surface area contributed by atoms with Crippen LogP contribution in [0.1, 0.15) is 19.8 Å². The van der Waals surface area contributed by atoms with E-state index in [0.29, 0.717) is 37.5 Å². The molecule has 6 nitrogen and oxygen atoms in total. The van der Waals surface area contributed by atoms with Crippen molar-refractivity contribution in [1.29, 1.82) is 0 Å². The number of nitrogens with zero attached hydrogens (tertiary/aromatic N) is 1. The Morgan fingerprint density at radius 2 is 2.15 bits per heavy atom. The Balaban J connectivity index is 3.04. The average Bonchev–Trinajstić information content (AvgIpc) is 2.45. The molecule has 0 saturated carbocycles. The summed E-state index contributed by atoms with van der Waals surface area (Å²) >= 11 is 0. The molecular weight excluding hydrogens is 278 g/mol. The van der Waals surface area contributed by atoms with Gasteiger partial charge in [0.2, 0.25) is 0 Å². The van der Waals surface area contributed by atoms with Gasteiger partial charge in [0.1, 0.15) is 5.75 Å². The first kappa shape index (κ1) is 16.7. The zero-order valence-electron chi connectivity index (χ0n) is 12.0. The van der Waals surface area contributed by atoms with E-state index in [9.17, 15) is 8.42 Å². The molecule has 114 valence electrons. The van der Waals surface area contributed by atoms with Gasteiger partial charge in [-0.2, -0.15) is 13.1 Å². The molecule has 0 heterocycles. The number of anilines is 1. The Bertz CT molecular complexity index is 505. The van der Waals surface area contributed by atoms with Crippen LogP contribution in [-0.4, -0.2) is 35.2 Å². The first-order valence-corrected chi connectivity index (χ1v) is 8.10. The predicted molar refractivity (Wildman–Crippen MR) is 81.2 cm³/mol. The Labute approximate surface area is 121 Å². The maximum absolute atomic E-state index is 12.3. The van der Waals surface area contributed by atoms with E-state index in [1.54, 1.807) is 31.4 Å². The van der Waals surface area contributed by atoms with Gasteiger partial charge in [-0.25, -0.2) is 0 Å². The summed E-state index contributed by atoms with van der Waals surface area (Å²) in [5, 5.41) is 0. The normalized spacial score (nSPS) is 11.3. The third-order valence-electron chi connectivity index (χ3n) is 2.73. The standard InChI is InChI=1S/C13H23N3O3S/c1-3-9-15-20(17,18)16(10-5-8-14)12-6-4-7-13(11-12)19-2/h4,6-7,11,15H,3,5,8-10,14H2,1-2H3. The maximum atomic E-state index is 12.3. The molecule has 0 saturated heterocycles. The maximum Gasteiger partial charge on any atom is 0.301 e. The van der Waals surface area contributed by atoms with Crippen LogP contribution in [0, 0.1) is 0 Å². The second-order valence-electron chi connectivity index (χ2n) is 4.32. The summed E-state index contributed by atoms with van der Waals surface area (Å²) in [5.74, 6) is 0.617. The highest BCUT2D eigenvalue weighted by atomic mass is 32.2.